The summed E-state index contributed by atoms with van der Waals surface area (Å²) in [6.45, 7) is 0. The van der Waals surface area contributed by atoms with E-state index >= 15 is 0 Å². The van der Waals surface area contributed by atoms with Gasteiger partial charge in [-0.05, 0) is 23.9 Å². The number of fused-ring (bicyclic) bond motifs is 1. The monoisotopic (exact) mass is 218 g/mol. The first-order chi connectivity index (χ1) is 8.34. The summed E-state index contributed by atoms with van der Waals surface area (Å²) < 4.78 is 15.9. The number of aryl methyl sites for hydroxylation is 1. The molecule has 0 unspecified atom stereocenters. The van der Waals surface area contributed by atoms with Crippen LogP contribution < -0.4 is 11.5 Å². The number of amides is 2. The molecule has 0 bridgehead atoms. The quantitative estimate of drug-likeness (QED) is 0.750. The van der Waals surface area contributed by atoms with Crippen LogP contribution in [0.4, 0.5) is 0 Å². The van der Waals surface area contributed by atoms with Gasteiger partial charge in [0.05, 0.1) is 5.57 Å². The number of benzene rings is 1. The Morgan fingerprint density at radius 1 is 1.19 bits per heavy atom. The molecule has 0 aromatic heterocycles. The zero-order valence-electron chi connectivity index (χ0n) is 10.5. The average molecular weight is 218 g/mol. The Balaban J connectivity index is 2.79. The van der Waals surface area contributed by atoms with E-state index in [1.165, 1.54) is 0 Å². The van der Waals surface area contributed by atoms with Crippen molar-refractivity contribution in [3.63, 3.8) is 0 Å². The highest BCUT2D eigenvalue weighted by atomic mass is 16.2. The molecule has 1 aromatic carbocycles. The van der Waals surface area contributed by atoms with Crippen LogP contribution in [-0.4, -0.2) is 11.8 Å². The van der Waals surface area contributed by atoms with E-state index < -0.39 is 18.2 Å². The van der Waals surface area contributed by atoms with E-state index in [9.17, 15) is 9.59 Å². The molecule has 1 aliphatic rings. The summed E-state index contributed by atoms with van der Waals surface area (Å²) in [4.78, 5) is 22.8. The largest absolute Gasteiger partial charge is 0.366 e. The zero-order chi connectivity index (χ0) is 13.5. The third-order valence-electron chi connectivity index (χ3n) is 2.50. The molecular weight excluding hydrogens is 204 g/mol. The van der Waals surface area contributed by atoms with Crippen LogP contribution >= 0.6 is 0 Å². The van der Waals surface area contributed by atoms with Gasteiger partial charge in [-0.25, -0.2) is 0 Å². The number of hydrogen-bond donors (Lipinski definition) is 2. The highest BCUT2D eigenvalue weighted by Crippen LogP contribution is 2.30. The SMILES string of the molecule is [2H]C1([2H])CC(C(N)=O)=C(C(N)=O)c2ccccc21. The number of nitrogens with two attached hydrogens (primary N) is 2. The fourth-order valence-corrected chi connectivity index (χ4v) is 1.78. The summed E-state index contributed by atoms with van der Waals surface area (Å²) in [7, 11) is 0. The summed E-state index contributed by atoms with van der Waals surface area (Å²) in [6, 6.07) is 6.47. The molecule has 4 heteroatoms. The molecule has 2 amide bonds. The van der Waals surface area contributed by atoms with Crippen LogP contribution in [-0.2, 0) is 16.0 Å². The van der Waals surface area contributed by atoms with Crippen LogP contribution in [0.5, 0.6) is 0 Å². The van der Waals surface area contributed by atoms with E-state index in [1.54, 1.807) is 24.3 Å². The fraction of sp³-hybridized carbons (Fsp3) is 0.167. The highest BCUT2D eigenvalue weighted by Gasteiger charge is 2.24. The molecular formula is C12H12N2O2. The van der Waals surface area contributed by atoms with Crippen LogP contribution in [0.2, 0.25) is 0 Å². The summed E-state index contributed by atoms with van der Waals surface area (Å²) in [5.74, 6) is -1.59. The zero-order valence-corrected chi connectivity index (χ0v) is 8.49. The van der Waals surface area contributed by atoms with Crippen LogP contribution in [0.3, 0.4) is 0 Å². The van der Waals surface area contributed by atoms with Gasteiger partial charge in [0, 0.05) is 8.31 Å². The highest BCUT2D eigenvalue weighted by molar-refractivity contribution is 6.25. The van der Waals surface area contributed by atoms with E-state index in [1.807, 2.05) is 0 Å². The summed E-state index contributed by atoms with van der Waals surface area (Å²) in [5, 5.41) is 0. The van der Waals surface area contributed by atoms with Crippen molar-refractivity contribution in [2.24, 2.45) is 11.5 Å². The van der Waals surface area contributed by atoms with Gasteiger partial charge in [-0.3, -0.25) is 9.59 Å². The lowest BCUT2D eigenvalue weighted by Gasteiger charge is -2.19. The van der Waals surface area contributed by atoms with Crippen molar-refractivity contribution in [1.29, 1.82) is 0 Å². The number of primary amides is 2. The lowest BCUT2D eigenvalue weighted by atomic mass is 9.85. The fourth-order valence-electron chi connectivity index (χ4n) is 1.78. The molecule has 1 aromatic rings. The van der Waals surface area contributed by atoms with Gasteiger partial charge < -0.3 is 11.5 Å². The smallest absolute Gasteiger partial charge is 0.249 e. The maximum atomic E-state index is 11.5. The molecule has 0 fully saturated rings. The number of rotatable bonds is 2. The summed E-state index contributed by atoms with van der Waals surface area (Å²) in [6.07, 6.45) is -1.97. The molecule has 0 atom stereocenters. The van der Waals surface area contributed by atoms with Crippen molar-refractivity contribution in [2.75, 3.05) is 0 Å². The van der Waals surface area contributed by atoms with E-state index in [0.29, 0.717) is 11.1 Å². The average Bonchev–Trinajstić information content (AvgIpc) is 2.27. The molecule has 82 valence electrons. The van der Waals surface area contributed by atoms with Gasteiger partial charge in [-0.1, -0.05) is 24.3 Å². The molecule has 1 aliphatic carbocycles. The van der Waals surface area contributed by atoms with Gasteiger partial charge in [-0.15, -0.1) is 0 Å². The molecule has 0 heterocycles. The van der Waals surface area contributed by atoms with Gasteiger partial charge >= 0.3 is 0 Å². The maximum Gasteiger partial charge on any atom is 0.249 e. The molecule has 0 spiro atoms. The Bertz CT molecular complexity index is 579. The maximum absolute atomic E-state index is 11.5. The van der Waals surface area contributed by atoms with E-state index in [2.05, 4.69) is 0 Å². The van der Waals surface area contributed by atoms with Crippen molar-refractivity contribution < 1.29 is 12.3 Å². The minimum absolute atomic E-state index is 0.0215. The van der Waals surface area contributed by atoms with Crippen molar-refractivity contribution in [2.45, 2.75) is 12.8 Å². The number of carbonyl (C=O) groups is 2. The molecule has 0 radical (unpaired) electrons. The Morgan fingerprint density at radius 2 is 1.88 bits per heavy atom. The standard InChI is InChI=1S/C12H12N2O2/c13-11(15)9-6-5-7-3-1-2-4-8(7)10(9)12(14)16/h1-4H,5-6H2,(H2,13,15)(H2,14,16)/i5D2. The molecule has 2 rings (SSSR count). The lowest BCUT2D eigenvalue weighted by molar-refractivity contribution is -0.116. The van der Waals surface area contributed by atoms with Crippen LogP contribution in [0, 0.1) is 0 Å². The van der Waals surface area contributed by atoms with Crippen molar-refractivity contribution in [3.8, 4) is 0 Å². The van der Waals surface area contributed by atoms with E-state index in [0.717, 1.165) is 0 Å². The third-order valence-corrected chi connectivity index (χ3v) is 2.50. The minimum Gasteiger partial charge on any atom is -0.366 e. The van der Waals surface area contributed by atoms with Gasteiger partial charge in [0.1, 0.15) is 0 Å². The van der Waals surface area contributed by atoms with Crippen molar-refractivity contribution in [3.05, 3.63) is 41.0 Å². The normalized spacial score (nSPS) is 19.5. The first-order valence-electron chi connectivity index (χ1n) is 5.77. The third kappa shape index (κ3) is 1.58. The van der Waals surface area contributed by atoms with E-state index in [4.69, 9.17) is 14.2 Å². The Labute approximate surface area is 95.7 Å². The summed E-state index contributed by atoms with van der Waals surface area (Å²) >= 11 is 0. The van der Waals surface area contributed by atoms with Crippen LogP contribution in [0.1, 0.15) is 20.3 Å². The Morgan fingerprint density at radius 3 is 2.50 bits per heavy atom. The second-order valence-electron chi connectivity index (χ2n) is 3.48. The topological polar surface area (TPSA) is 86.2 Å². The summed E-state index contributed by atoms with van der Waals surface area (Å²) in [5.41, 5.74) is 11.1. The predicted molar refractivity (Wildman–Crippen MR) is 60.1 cm³/mol. The van der Waals surface area contributed by atoms with Gasteiger partial charge in [0.15, 0.2) is 0 Å². The first kappa shape index (κ1) is 8.10. The van der Waals surface area contributed by atoms with Gasteiger partial charge in [0.25, 0.3) is 0 Å². The first-order valence-corrected chi connectivity index (χ1v) is 4.77. The number of carbonyl (C=O) groups excluding carboxylic acids is 2. The van der Waals surface area contributed by atoms with Crippen molar-refractivity contribution >= 4 is 17.4 Å². The molecule has 0 saturated carbocycles. The lowest BCUT2D eigenvalue weighted by Crippen LogP contribution is -2.25. The van der Waals surface area contributed by atoms with E-state index in [-0.39, 0.29) is 17.6 Å². The molecule has 4 nitrogen and oxygen atoms in total. The Hall–Kier alpha value is -2.10. The minimum atomic E-state index is -1.74. The van der Waals surface area contributed by atoms with Crippen molar-refractivity contribution in [1.82, 2.24) is 0 Å². The Kier molecular flexibility index (Phi) is 1.93. The van der Waals surface area contributed by atoms with Gasteiger partial charge in [0.2, 0.25) is 11.8 Å². The second kappa shape index (κ2) is 3.81. The molecule has 16 heavy (non-hydrogen) atoms. The van der Waals surface area contributed by atoms with Crippen LogP contribution in [0.15, 0.2) is 29.8 Å². The molecule has 4 N–H and O–H groups in total. The van der Waals surface area contributed by atoms with Gasteiger partial charge in [-0.2, -0.15) is 0 Å². The number of hydrogen-bond acceptors (Lipinski definition) is 2. The molecule has 0 aliphatic heterocycles. The predicted octanol–water partition coefficient (Wildman–Crippen LogP) is 0.357. The molecule has 0 saturated heterocycles. The second-order valence-corrected chi connectivity index (χ2v) is 3.48. The van der Waals surface area contributed by atoms with Crippen LogP contribution in [0.25, 0.3) is 5.57 Å².